The van der Waals surface area contributed by atoms with Gasteiger partial charge in [-0.1, -0.05) is 6.92 Å². The average molecular weight is 213 g/mol. The Morgan fingerprint density at radius 2 is 1.93 bits per heavy atom. The molecule has 1 aliphatic heterocycles. The van der Waals surface area contributed by atoms with Crippen LogP contribution in [0.2, 0.25) is 0 Å². The van der Waals surface area contributed by atoms with E-state index in [4.69, 9.17) is 10.5 Å². The number of hydrogen-bond acceptors (Lipinski definition) is 3. The van der Waals surface area contributed by atoms with E-state index in [1.165, 1.54) is 0 Å². The van der Waals surface area contributed by atoms with Gasteiger partial charge in [-0.25, -0.2) is 0 Å². The van der Waals surface area contributed by atoms with Crippen LogP contribution in [0.3, 0.4) is 0 Å². The third-order valence-corrected chi connectivity index (χ3v) is 4.29. The van der Waals surface area contributed by atoms with Crippen LogP contribution >= 0.6 is 0 Å². The van der Waals surface area contributed by atoms with Gasteiger partial charge in [-0.15, -0.1) is 0 Å². The minimum absolute atomic E-state index is 0.182. The molecular weight excluding hydrogens is 194 g/mol. The van der Waals surface area contributed by atoms with Crippen molar-refractivity contribution in [3.05, 3.63) is 0 Å². The van der Waals surface area contributed by atoms with E-state index in [2.05, 4.69) is 0 Å². The van der Waals surface area contributed by atoms with E-state index in [-0.39, 0.29) is 11.5 Å². The van der Waals surface area contributed by atoms with Gasteiger partial charge in [-0.05, 0) is 25.7 Å². The van der Waals surface area contributed by atoms with Crippen LogP contribution in [-0.2, 0) is 9.53 Å². The Labute approximate surface area is 89.8 Å². The Morgan fingerprint density at radius 3 is 2.27 bits per heavy atom. The largest absolute Gasteiger partial charge is 0.481 e. The summed E-state index contributed by atoms with van der Waals surface area (Å²) in [6.07, 6.45) is 3.04. The molecule has 0 unspecified atom stereocenters. The number of hydrogen-bond donors (Lipinski definition) is 2. The van der Waals surface area contributed by atoms with Gasteiger partial charge in [0.25, 0.3) is 0 Å². The van der Waals surface area contributed by atoms with Crippen LogP contribution in [0.15, 0.2) is 0 Å². The zero-order chi connectivity index (χ0) is 11.1. The van der Waals surface area contributed by atoms with Gasteiger partial charge >= 0.3 is 5.97 Å². The van der Waals surface area contributed by atoms with Gasteiger partial charge < -0.3 is 15.6 Å². The Morgan fingerprint density at radius 1 is 1.40 bits per heavy atom. The number of ether oxygens (including phenoxy) is 1. The fourth-order valence-electron chi connectivity index (χ4n) is 2.89. The Hall–Kier alpha value is -0.610. The van der Waals surface area contributed by atoms with Gasteiger partial charge in [0, 0.05) is 11.5 Å². The summed E-state index contributed by atoms with van der Waals surface area (Å²) in [5, 5.41) is 9.48. The third kappa shape index (κ3) is 1.47. The zero-order valence-corrected chi connectivity index (χ0v) is 9.16. The predicted molar refractivity (Wildman–Crippen MR) is 55.4 cm³/mol. The molecule has 2 aliphatic rings. The second kappa shape index (κ2) is 3.46. The second-order valence-corrected chi connectivity index (χ2v) is 5.28. The van der Waals surface area contributed by atoms with Crippen molar-refractivity contribution < 1.29 is 14.6 Å². The SMILES string of the molecule is CC1(C2(C(=O)O)CCC(N)CC2)COC1. The highest BCUT2D eigenvalue weighted by atomic mass is 16.5. The summed E-state index contributed by atoms with van der Waals surface area (Å²) in [5.41, 5.74) is 5.06. The minimum Gasteiger partial charge on any atom is -0.481 e. The lowest BCUT2D eigenvalue weighted by Gasteiger charge is -2.53. The van der Waals surface area contributed by atoms with Crippen molar-refractivity contribution in [2.75, 3.05) is 13.2 Å². The second-order valence-electron chi connectivity index (χ2n) is 5.28. The van der Waals surface area contributed by atoms with Crippen LogP contribution in [0.25, 0.3) is 0 Å². The van der Waals surface area contributed by atoms with Gasteiger partial charge in [0.15, 0.2) is 0 Å². The molecule has 1 saturated heterocycles. The molecule has 0 aromatic carbocycles. The minimum atomic E-state index is -0.666. The van der Waals surface area contributed by atoms with E-state index in [0.717, 1.165) is 12.8 Å². The van der Waals surface area contributed by atoms with E-state index in [0.29, 0.717) is 26.1 Å². The fraction of sp³-hybridized carbons (Fsp3) is 0.909. The van der Waals surface area contributed by atoms with Crippen LogP contribution in [0.5, 0.6) is 0 Å². The van der Waals surface area contributed by atoms with Crippen molar-refractivity contribution in [3.8, 4) is 0 Å². The fourth-order valence-corrected chi connectivity index (χ4v) is 2.89. The van der Waals surface area contributed by atoms with E-state index >= 15 is 0 Å². The first-order valence-corrected chi connectivity index (χ1v) is 5.57. The van der Waals surface area contributed by atoms with Crippen molar-refractivity contribution in [2.45, 2.75) is 38.6 Å². The summed E-state index contributed by atoms with van der Waals surface area (Å²) >= 11 is 0. The van der Waals surface area contributed by atoms with Gasteiger partial charge in [-0.2, -0.15) is 0 Å². The molecule has 0 spiro atoms. The molecular formula is C11H19NO3. The Kier molecular flexibility index (Phi) is 2.51. The molecule has 0 amide bonds. The maximum Gasteiger partial charge on any atom is 0.310 e. The summed E-state index contributed by atoms with van der Waals surface area (Å²) in [4.78, 5) is 11.5. The molecule has 0 aromatic heterocycles. The monoisotopic (exact) mass is 213 g/mol. The zero-order valence-electron chi connectivity index (χ0n) is 9.16. The molecule has 1 saturated carbocycles. The normalized spacial score (nSPS) is 39.5. The first-order valence-electron chi connectivity index (χ1n) is 5.57. The molecule has 0 aromatic rings. The molecule has 1 aliphatic carbocycles. The van der Waals surface area contributed by atoms with E-state index in [1.54, 1.807) is 0 Å². The lowest BCUT2D eigenvalue weighted by molar-refractivity contribution is -0.205. The number of carboxylic acids is 1. The van der Waals surface area contributed by atoms with Gasteiger partial charge in [0.1, 0.15) is 0 Å². The molecule has 2 fully saturated rings. The van der Waals surface area contributed by atoms with Gasteiger partial charge in [0.2, 0.25) is 0 Å². The number of rotatable bonds is 2. The van der Waals surface area contributed by atoms with Crippen molar-refractivity contribution >= 4 is 5.97 Å². The molecule has 3 N–H and O–H groups in total. The standard InChI is InChI=1S/C11H19NO3/c1-10(6-15-7-10)11(9(13)14)4-2-8(12)3-5-11/h8H,2-7,12H2,1H3,(H,13,14). The molecule has 4 heteroatoms. The van der Waals surface area contributed by atoms with Gasteiger partial charge in [-0.3, -0.25) is 4.79 Å². The number of carbonyl (C=O) groups is 1. The highest BCUT2D eigenvalue weighted by Crippen LogP contribution is 2.53. The maximum absolute atomic E-state index is 11.5. The highest BCUT2D eigenvalue weighted by molar-refractivity contribution is 5.76. The lowest BCUT2D eigenvalue weighted by atomic mass is 9.56. The van der Waals surface area contributed by atoms with E-state index in [9.17, 15) is 9.90 Å². The summed E-state index contributed by atoms with van der Waals surface area (Å²) < 4.78 is 5.20. The third-order valence-electron chi connectivity index (χ3n) is 4.29. The van der Waals surface area contributed by atoms with Crippen LogP contribution in [0.4, 0.5) is 0 Å². The lowest BCUT2D eigenvalue weighted by Crippen LogP contribution is -2.59. The summed E-state index contributed by atoms with van der Waals surface area (Å²) in [5.74, 6) is -0.666. The number of carboxylic acid groups (broad SMARTS) is 1. The Bertz CT molecular complexity index is 265. The predicted octanol–water partition coefficient (Wildman–Crippen LogP) is 0.995. The van der Waals surface area contributed by atoms with Crippen LogP contribution in [-0.4, -0.2) is 30.3 Å². The highest BCUT2D eigenvalue weighted by Gasteiger charge is 2.58. The Balaban J connectivity index is 2.21. The van der Waals surface area contributed by atoms with Crippen molar-refractivity contribution in [1.29, 1.82) is 0 Å². The summed E-state index contributed by atoms with van der Waals surface area (Å²) in [6, 6.07) is 0.182. The first kappa shape index (κ1) is 10.9. The summed E-state index contributed by atoms with van der Waals surface area (Å²) in [6.45, 7) is 3.19. The van der Waals surface area contributed by atoms with E-state index < -0.39 is 11.4 Å². The first-order chi connectivity index (χ1) is 7.00. The summed E-state index contributed by atoms with van der Waals surface area (Å²) in [7, 11) is 0. The molecule has 1 heterocycles. The quantitative estimate of drug-likeness (QED) is 0.717. The van der Waals surface area contributed by atoms with Crippen LogP contribution < -0.4 is 5.73 Å². The number of nitrogens with two attached hydrogens (primary N) is 1. The maximum atomic E-state index is 11.5. The molecule has 0 atom stereocenters. The molecule has 86 valence electrons. The van der Waals surface area contributed by atoms with E-state index in [1.807, 2.05) is 6.92 Å². The van der Waals surface area contributed by atoms with Crippen molar-refractivity contribution in [2.24, 2.45) is 16.6 Å². The molecule has 0 bridgehead atoms. The average Bonchev–Trinajstić information content (AvgIpc) is 2.15. The topological polar surface area (TPSA) is 72.5 Å². The smallest absolute Gasteiger partial charge is 0.310 e. The van der Waals surface area contributed by atoms with Crippen molar-refractivity contribution in [3.63, 3.8) is 0 Å². The van der Waals surface area contributed by atoms with Gasteiger partial charge in [0.05, 0.1) is 18.6 Å². The molecule has 15 heavy (non-hydrogen) atoms. The van der Waals surface area contributed by atoms with Crippen LogP contribution in [0.1, 0.15) is 32.6 Å². The molecule has 2 rings (SSSR count). The van der Waals surface area contributed by atoms with Crippen molar-refractivity contribution in [1.82, 2.24) is 0 Å². The molecule has 4 nitrogen and oxygen atoms in total. The van der Waals surface area contributed by atoms with Crippen LogP contribution in [0, 0.1) is 10.8 Å². The molecule has 0 radical (unpaired) electrons. The number of aliphatic carboxylic acids is 1.